The Hall–Kier alpha value is -1.69. The zero-order chi connectivity index (χ0) is 18.4. The number of urea groups is 1. The van der Waals surface area contributed by atoms with Crippen LogP contribution in [0.2, 0.25) is 0 Å². The molecule has 1 aromatic carbocycles. The minimum Gasteiger partial charge on any atom is -0.355 e. The molecular formula is C20H29N3O2S. The van der Waals surface area contributed by atoms with Gasteiger partial charge in [-0.15, -0.1) is 11.8 Å². The van der Waals surface area contributed by atoms with E-state index >= 15 is 0 Å². The number of nitrogens with one attached hydrogen (secondary N) is 1. The van der Waals surface area contributed by atoms with Crippen LogP contribution < -0.4 is 5.32 Å². The summed E-state index contributed by atoms with van der Waals surface area (Å²) in [4.78, 5) is 29.8. The molecule has 2 saturated heterocycles. The molecule has 0 atom stereocenters. The number of nitrogens with zero attached hydrogens (tertiary/aromatic N) is 2. The zero-order valence-corrected chi connectivity index (χ0v) is 16.4. The number of likely N-dealkylation sites (tertiary alicyclic amines) is 2. The lowest BCUT2D eigenvalue weighted by Gasteiger charge is -2.34. The Kier molecular flexibility index (Phi) is 6.83. The molecular weight excluding hydrogens is 346 g/mol. The fourth-order valence-electron chi connectivity index (χ4n) is 3.56. The molecule has 0 bridgehead atoms. The van der Waals surface area contributed by atoms with Gasteiger partial charge in [-0.25, -0.2) is 4.79 Å². The van der Waals surface area contributed by atoms with Crippen molar-refractivity contribution in [1.82, 2.24) is 15.1 Å². The third-order valence-corrected chi connectivity index (χ3v) is 6.22. The number of carbonyl (C=O) groups excluding carboxylic acids is 2. The zero-order valence-electron chi connectivity index (χ0n) is 15.6. The normalized spacial score (nSPS) is 18.2. The molecule has 3 rings (SSSR count). The van der Waals surface area contributed by atoms with E-state index in [-0.39, 0.29) is 17.9 Å². The van der Waals surface area contributed by atoms with Crippen molar-refractivity contribution in [2.75, 3.05) is 38.5 Å². The molecule has 2 aliphatic rings. The summed E-state index contributed by atoms with van der Waals surface area (Å²) in [6, 6.07) is 8.62. The molecule has 1 aromatic rings. The molecule has 142 valence electrons. The third kappa shape index (κ3) is 5.16. The monoisotopic (exact) mass is 375 g/mol. The van der Waals surface area contributed by atoms with Gasteiger partial charge in [-0.2, -0.15) is 0 Å². The lowest BCUT2D eigenvalue weighted by molar-refractivity contribution is -0.126. The van der Waals surface area contributed by atoms with Crippen LogP contribution in [-0.2, 0) is 4.79 Å². The second-order valence-electron chi connectivity index (χ2n) is 7.19. The van der Waals surface area contributed by atoms with E-state index in [2.05, 4.69) is 36.5 Å². The Bertz CT molecular complexity index is 606. The van der Waals surface area contributed by atoms with Crippen molar-refractivity contribution >= 4 is 23.7 Å². The van der Waals surface area contributed by atoms with Gasteiger partial charge >= 0.3 is 6.03 Å². The second-order valence-corrected chi connectivity index (χ2v) is 8.36. The second kappa shape index (κ2) is 9.31. The molecule has 1 N–H and O–H groups in total. The summed E-state index contributed by atoms with van der Waals surface area (Å²) in [5, 5.41) is 3.06. The highest BCUT2D eigenvalue weighted by molar-refractivity contribution is 7.99. The van der Waals surface area contributed by atoms with E-state index in [1.54, 1.807) is 11.8 Å². The van der Waals surface area contributed by atoms with Crippen LogP contribution in [0.3, 0.4) is 0 Å². The average molecular weight is 376 g/mol. The molecule has 0 radical (unpaired) electrons. The molecule has 0 spiro atoms. The Morgan fingerprint density at radius 1 is 1.04 bits per heavy atom. The van der Waals surface area contributed by atoms with Crippen LogP contribution in [0, 0.1) is 12.8 Å². The standard InChI is InChI=1S/C20H29N3O2S/c1-16-4-6-18(7-5-16)26-15-10-21-19(24)17-8-13-23(14-9-17)20(25)22-11-2-3-12-22/h4-7,17H,2-3,8-15H2,1H3,(H,21,24). The molecule has 26 heavy (non-hydrogen) atoms. The maximum absolute atomic E-state index is 12.4. The van der Waals surface area contributed by atoms with E-state index in [0.29, 0.717) is 19.6 Å². The lowest BCUT2D eigenvalue weighted by Crippen LogP contribution is -2.47. The number of piperidine rings is 1. The number of carbonyl (C=O) groups is 2. The fourth-order valence-corrected chi connectivity index (χ4v) is 4.33. The first kappa shape index (κ1) is 19.1. The Labute approximate surface area is 160 Å². The fraction of sp³-hybridized carbons (Fsp3) is 0.600. The smallest absolute Gasteiger partial charge is 0.319 e. The first-order valence-electron chi connectivity index (χ1n) is 9.64. The first-order chi connectivity index (χ1) is 12.6. The van der Waals surface area contributed by atoms with E-state index in [1.807, 2.05) is 9.80 Å². The third-order valence-electron chi connectivity index (χ3n) is 5.20. The minimum absolute atomic E-state index is 0.0435. The highest BCUT2D eigenvalue weighted by atomic mass is 32.2. The maximum Gasteiger partial charge on any atom is 0.319 e. The number of thioether (sulfide) groups is 1. The van der Waals surface area contributed by atoms with E-state index in [0.717, 1.165) is 44.5 Å². The predicted octanol–water partition coefficient (Wildman–Crippen LogP) is 3.13. The van der Waals surface area contributed by atoms with Gasteiger partial charge < -0.3 is 15.1 Å². The molecule has 2 aliphatic heterocycles. The molecule has 6 heteroatoms. The molecule has 0 aromatic heterocycles. The molecule has 0 saturated carbocycles. The van der Waals surface area contributed by atoms with Gasteiger partial charge in [0.1, 0.15) is 0 Å². The highest BCUT2D eigenvalue weighted by Gasteiger charge is 2.30. The van der Waals surface area contributed by atoms with Crippen LogP contribution >= 0.6 is 11.8 Å². The van der Waals surface area contributed by atoms with Crippen LogP contribution in [0.15, 0.2) is 29.2 Å². The Morgan fingerprint density at radius 3 is 2.31 bits per heavy atom. The number of aryl methyl sites for hydroxylation is 1. The van der Waals surface area contributed by atoms with Crippen molar-refractivity contribution < 1.29 is 9.59 Å². The van der Waals surface area contributed by atoms with Crippen molar-refractivity contribution in [3.63, 3.8) is 0 Å². The van der Waals surface area contributed by atoms with Crippen LogP contribution in [0.25, 0.3) is 0 Å². The largest absolute Gasteiger partial charge is 0.355 e. The van der Waals surface area contributed by atoms with Gasteiger partial charge in [0.25, 0.3) is 0 Å². The van der Waals surface area contributed by atoms with E-state index in [1.165, 1.54) is 10.5 Å². The molecule has 3 amide bonds. The van der Waals surface area contributed by atoms with E-state index < -0.39 is 0 Å². The summed E-state index contributed by atoms with van der Waals surface area (Å²) in [6.45, 7) is 5.94. The van der Waals surface area contributed by atoms with Crippen molar-refractivity contribution in [1.29, 1.82) is 0 Å². The molecule has 0 unspecified atom stereocenters. The van der Waals surface area contributed by atoms with Crippen LogP contribution in [-0.4, -0.2) is 60.2 Å². The summed E-state index contributed by atoms with van der Waals surface area (Å²) < 4.78 is 0. The summed E-state index contributed by atoms with van der Waals surface area (Å²) in [6.07, 6.45) is 3.78. The number of rotatable bonds is 5. The molecule has 2 fully saturated rings. The molecule has 5 nitrogen and oxygen atoms in total. The van der Waals surface area contributed by atoms with Crippen molar-refractivity contribution in [3.05, 3.63) is 29.8 Å². The number of hydrogen-bond donors (Lipinski definition) is 1. The molecule has 0 aliphatic carbocycles. The summed E-state index contributed by atoms with van der Waals surface area (Å²) >= 11 is 1.76. The van der Waals surface area contributed by atoms with Gasteiger partial charge in [-0.3, -0.25) is 4.79 Å². The van der Waals surface area contributed by atoms with Crippen molar-refractivity contribution in [2.24, 2.45) is 5.92 Å². The van der Waals surface area contributed by atoms with Crippen LogP contribution in [0.4, 0.5) is 4.79 Å². The van der Waals surface area contributed by atoms with Crippen LogP contribution in [0.5, 0.6) is 0 Å². The Balaban J connectivity index is 1.33. The Morgan fingerprint density at radius 2 is 1.65 bits per heavy atom. The average Bonchev–Trinajstić information content (AvgIpc) is 3.21. The number of amides is 3. The molecule has 2 heterocycles. The quantitative estimate of drug-likeness (QED) is 0.635. The van der Waals surface area contributed by atoms with Gasteiger partial charge in [-0.05, 0) is 44.7 Å². The topological polar surface area (TPSA) is 52.7 Å². The highest BCUT2D eigenvalue weighted by Crippen LogP contribution is 2.21. The summed E-state index contributed by atoms with van der Waals surface area (Å²) in [5.74, 6) is 1.06. The SMILES string of the molecule is Cc1ccc(SCCNC(=O)C2CCN(C(=O)N3CCCC3)CC2)cc1. The van der Waals surface area contributed by atoms with Crippen molar-refractivity contribution in [3.8, 4) is 0 Å². The van der Waals surface area contributed by atoms with Gasteiger partial charge in [0, 0.05) is 49.3 Å². The van der Waals surface area contributed by atoms with Gasteiger partial charge in [0.05, 0.1) is 0 Å². The maximum atomic E-state index is 12.4. The minimum atomic E-state index is 0.0435. The number of benzene rings is 1. The van der Waals surface area contributed by atoms with Gasteiger partial charge in [-0.1, -0.05) is 17.7 Å². The van der Waals surface area contributed by atoms with Gasteiger partial charge in [0.15, 0.2) is 0 Å². The van der Waals surface area contributed by atoms with Crippen LogP contribution in [0.1, 0.15) is 31.2 Å². The lowest BCUT2D eigenvalue weighted by atomic mass is 9.96. The number of hydrogen-bond acceptors (Lipinski definition) is 3. The van der Waals surface area contributed by atoms with Gasteiger partial charge in [0.2, 0.25) is 5.91 Å². The van der Waals surface area contributed by atoms with E-state index in [9.17, 15) is 9.59 Å². The predicted molar refractivity (Wildman–Crippen MR) is 105 cm³/mol. The van der Waals surface area contributed by atoms with E-state index in [4.69, 9.17) is 0 Å². The van der Waals surface area contributed by atoms with Crippen molar-refractivity contribution in [2.45, 2.75) is 37.5 Å². The first-order valence-corrected chi connectivity index (χ1v) is 10.6. The summed E-state index contributed by atoms with van der Waals surface area (Å²) in [5.41, 5.74) is 1.26. The summed E-state index contributed by atoms with van der Waals surface area (Å²) in [7, 11) is 0.